The maximum Gasteiger partial charge on any atom is 0.264 e. The fraction of sp³-hybridized carbons (Fsp3) is 0.360. The molecule has 4 rings (SSSR count). The van der Waals surface area contributed by atoms with Crippen molar-refractivity contribution in [1.29, 1.82) is 0 Å². The summed E-state index contributed by atoms with van der Waals surface area (Å²) in [5.41, 5.74) is 1.62. The van der Waals surface area contributed by atoms with E-state index >= 15 is 0 Å². The molecule has 2 N–H and O–H groups in total. The minimum Gasteiger partial charge on any atom is -0.360 e. The zero-order valence-electron chi connectivity index (χ0n) is 19.1. The smallest absolute Gasteiger partial charge is 0.264 e. The van der Waals surface area contributed by atoms with E-state index in [1.165, 1.54) is 29.7 Å². The summed E-state index contributed by atoms with van der Waals surface area (Å²) >= 11 is 0. The molecule has 33 heavy (non-hydrogen) atoms. The first-order chi connectivity index (χ1) is 15.7. The Morgan fingerprint density at radius 3 is 2.39 bits per heavy atom. The Bertz CT molecular complexity index is 1340. The average Bonchev–Trinajstić information content (AvgIpc) is 3.31. The first-order valence-electron chi connectivity index (χ1n) is 11.2. The van der Waals surface area contributed by atoms with E-state index < -0.39 is 21.4 Å². The molecule has 1 saturated carbocycles. The van der Waals surface area contributed by atoms with Crippen LogP contribution in [0.3, 0.4) is 0 Å². The largest absolute Gasteiger partial charge is 0.360 e. The number of anilines is 1. The molecular weight excluding hydrogens is 438 g/mol. The number of H-pyrrole nitrogens is 1. The number of fused-ring (bicyclic) bond motifs is 1. The van der Waals surface area contributed by atoms with Gasteiger partial charge in [-0.1, -0.05) is 38.8 Å². The second-order valence-corrected chi connectivity index (χ2v) is 10.9. The summed E-state index contributed by atoms with van der Waals surface area (Å²) < 4.78 is 27.8. The number of sulfonamides is 1. The third-order valence-corrected chi connectivity index (χ3v) is 8.15. The van der Waals surface area contributed by atoms with Crippen molar-refractivity contribution in [3.63, 3.8) is 0 Å². The fourth-order valence-corrected chi connectivity index (χ4v) is 5.45. The van der Waals surface area contributed by atoms with Crippen LogP contribution in [0, 0.1) is 0 Å². The van der Waals surface area contributed by atoms with Crippen LogP contribution in [-0.2, 0) is 10.0 Å². The number of hydrogen-bond acceptors (Lipinski definition) is 4. The third-order valence-electron chi connectivity index (χ3n) is 6.37. The first-order valence-corrected chi connectivity index (χ1v) is 12.7. The maximum absolute atomic E-state index is 13.3. The molecule has 1 heterocycles. The van der Waals surface area contributed by atoms with Gasteiger partial charge in [-0.2, -0.15) is 0 Å². The molecule has 2 aromatic carbocycles. The first kappa shape index (κ1) is 23.0. The molecule has 0 unspecified atom stereocenters. The lowest BCUT2D eigenvalue weighted by Gasteiger charge is -2.20. The standard InChI is InChI=1S/C25H29N3O4S/c1-16(2)17-8-10-19(11-9-17)28(3)33(31,32)20-12-13-23-21(14-20)24(29)22(15-26-23)25(30)27-18-6-4-5-7-18/h8-16,18H,4-7H2,1-3H3,(H,26,29)(H,27,30). The van der Waals surface area contributed by atoms with Crippen LogP contribution in [-0.4, -0.2) is 32.4 Å². The van der Waals surface area contributed by atoms with E-state index in [2.05, 4.69) is 24.1 Å². The fourth-order valence-electron chi connectivity index (χ4n) is 4.23. The van der Waals surface area contributed by atoms with Gasteiger partial charge in [0.1, 0.15) is 5.56 Å². The molecule has 0 aliphatic heterocycles. The summed E-state index contributed by atoms with van der Waals surface area (Å²) in [4.78, 5) is 28.7. The Kier molecular flexibility index (Phi) is 6.30. The van der Waals surface area contributed by atoms with E-state index in [9.17, 15) is 18.0 Å². The summed E-state index contributed by atoms with van der Waals surface area (Å²) in [5.74, 6) is -0.0890. The van der Waals surface area contributed by atoms with Crippen molar-refractivity contribution >= 4 is 32.5 Å². The number of hydrogen-bond donors (Lipinski definition) is 2. The van der Waals surface area contributed by atoms with Gasteiger partial charge < -0.3 is 10.3 Å². The van der Waals surface area contributed by atoms with Crippen LogP contribution < -0.4 is 15.1 Å². The molecule has 7 nitrogen and oxygen atoms in total. The quantitative estimate of drug-likeness (QED) is 0.569. The monoisotopic (exact) mass is 467 g/mol. The minimum absolute atomic E-state index is 0.00992. The molecule has 3 aromatic rings. The highest BCUT2D eigenvalue weighted by molar-refractivity contribution is 7.92. The van der Waals surface area contributed by atoms with Crippen molar-refractivity contribution in [2.75, 3.05) is 11.4 Å². The average molecular weight is 468 g/mol. The highest BCUT2D eigenvalue weighted by Crippen LogP contribution is 2.26. The van der Waals surface area contributed by atoms with Gasteiger partial charge in [0, 0.05) is 30.2 Å². The molecule has 1 fully saturated rings. The van der Waals surface area contributed by atoms with E-state index in [4.69, 9.17) is 0 Å². The second kappa shape index (κ2) is 9.02. The normalized spacial score (nSPS) is 14.7. The summed E-state index contributed by atoms with van der Waals surface area (Å²) in [5, 5.41) is 3.08. The Morgan fingerprint density at radius 2 is 1.76 bits per heavy atom. The van der Waals surface area contributed by atoms with E-state index in [1.807, 2.05) is 12.1 Å². The van der Waals surface area contributed by atoms with Crippen LogP contribution in [0.1, 0.15) is 61.4 Å². The summed E-state index contributed by atoms with van der Waals surface area (Å²) in [6.07, 6.45) is 5.33. The van der Waals surface area contributed by atoms with E-state index in [0.29, 0.717) is 17.1 Å². The van der Waals surface area contributed by atoms with Gasteiger partial charge in [0.25, 0.3) is 15.9 Å². The van der Waals surface area contributed by atoms with Gasteiger partial charge in [-0.25, -0.2) is 8.42 Å². The third kappa shape index (κ3) is 4.53. The number of pyridine rings is 1. The van der Waals surface area contributed by atoms with Crippen molar-refractivity contribution < 1.29 is 13.2 Å². The maximum atomic E-state index is 13.3. The van der Waals surface area contributed by atoms with Crippen molar-refractivity contribution in [2.45, 2.75) is 56.4 Å². The summed E-state index contributed by atoms with van der Waals surface area (Å²) in [6.45, 7) is 4.15. The van der Waals surface area contributed by atoms with Crippen LogP contribution in [0.4, 0.5) is 5.69 Å². The zero-order chi connectivity index (χ0) is 23.8. The Balaban J connectivity index is 1.67. The lowest BCUT2D eigenvalue weighted by molar-refractivity contribution is 0.0936. The number of nitrogens with zero attached hydrogens (tertiary/aromatic N) is 1. The van der Waals surface area contributed by atoms with Gasteiger partial charge in [0.05, 0.1) is 10.6 Å². The zero-order valence-corrected chi connectivity index (χ0v) is 19.9. The lowest BCUT2D eigenvalue weighted by Crippen LogP contribution is -2.35. The number of aromatic nitrogens is 1. The van der Waals surface area contributed by atoms with Crippen molar-refractivity contribution in [3.8, 4) is 0 Å². The number of carbonyl (C=O) groups is 1. The Hall–Kier alpha value is -3.13. The molecule has 0 saturated heterocycles. The Labute approximate surface area is 193 Å². The second-order valence-electron chi connectivity index (χ2n) is 8.91. The van der Waals surface area contributed by atoms with E-state index in [-0.39, 0.29) is 21.9 Å². The van der Waals surface area contributed by atoms with Gasteiger partial charge >= 0.3 is 0 Å². The van der Waals surface area contributed by atoms with Crippen LogP contribution in [0.2, 0.25) is 0 Å². The predicted molar refractivity (Wildman–Crippen MR) is 130 cm³/mol. The van der Waals surface area contributed by atoms with Crippen molar-refractivity contribution in [3.05, 3.63) is 70.0 Å². The number of nitrogens with one attached hydrogen (secondary N) is 2. The predicted octanol–water partition coefficient (Wildman–Crippen LogP) is 4.15. The molecule has 1 aromatic heterocycles. The van der Waals surface area contributed by atoms with Gasteiger partial charge in [0.15, 0.2) is 0 Å². The van der Waals surface area contributed by atoms with Crippen molar-refractivity contribution in [1.82, 2.24) is 10.3 Å². The number of rotatable bonds is 6. The van der Waals surface area contributed by atoms with Crippen LogP contribution in [0.5, 0.6) is 0 Å². The topological polar surface area (TPSA) is 99.3 Å². The molecule has 0 radical (unpaired) electrons. The van der Waals surface area contributed by atoms with Gasteiger partial charge in [-0.3, -0.25) is 13.9 Å². The highest BCUT2D eigenvalue weighted by atomic mass is 32.2. The minimum atomic E-state index is -3.91. The molecule has 1 amide bonds. The SMILES string of the molecule is CC(C)c1ccc(N(C)S(=O)(=O)c2ccc3[nH]cc(C(=O)NC4CCCC4)c(=O)c3c2)cc1. The molecule has 0 atom stereocenters. The Morgan fingerprint density at radius 1 is 1.09 bits per heavy atom. The van der Waals surface area contributed by atoms with Gasteiger partial charge in [-0.05, 0) is 54.7 Å². The number of benzene rings is 2. The number of amides is 1. The van der Waals surface area contributed by atoms with Crippen molar-refractivity contribution in [2.24, 2.45) is 0 Å². The molecule has 1 aliphatic carbocycles. The van der Waals surface area contributed by atoms with Crippen LogP contribution in [0.25, 0.3) is 10.9 Å². The molecular formula is C25H29N3O4S. The highest BCUT2D eigenvalue weighted by Gasteiger charge is 2.24. The molecule has 174 valence electrons. The number of carbonyl (C=O) groups excluding carboxylic acids is 1. The summed E-state index contributed by atoms with van der Waals surface area (Å²) in [6, 6.07) is 11.8. The summed E-state index contributed by atoms with van der Waals surface area (Å²) in [7, 11) is -2.42. The van der Waals surface area contributed by atoms with Gasteiger partial charge in [0.2, 0.25) is 5.43 Å². The molecule has 0 bridgehead atoms. The molecule has 8 heteroatoms. The van der Waals surface area contributed by atoms with Gasteiger partial charge in [-0.15, -0.1) is 0 Å². The lowest BCUT2D eigenvalue weighted by atomic mass is 10.0. The van der Waals surface area contributed by atoms with E-state index in [1.54, 1.807) is 18.2 Å². The number of aromatic amines is 1. The molecule has 0 spiro atoms. The van der Waals surface area contributed by atoms with E-state index in [0.717, 1.165) is 31.2 Å². The van der Waals surface area contributed by atoms with Crippen LogP contribution in [0.15, 0.2) is 58.4 Å². The molecule has 1 aliphatic rings. The van der Waals surface area contributed by atoms with Crippen LogP contribution >= 0.6 is 0 Å².